The Morgan fingerprint density at radius 1 is 1.06 bits per heavy atom. The van der Waals surface area contributed by atoms with Crippen molar-refractivity contribution in [1.82, 2.24) is 13.8 Å². The number of aryl methyl sites for hydroxylation is 1. The van der Waals surface area contributed by atoms with E-state index in [1.165, 1.54) is 4.31 Å². The molecular weight excluding hydrogens is 422 g/mol. The van der Waals surface area contributed by atoms with Crippen LogP contribution in [0.3, 0.4) is 0 Å². The average Bonchev–Trinajstić information content (AvgIpc) is 3.55. The number of benzene rings is 2. The minimum absolute atomic E-state index is 0.129. The van der Waals surface area contributed by atoms with E-state index in [-0.39, 0.29) is 23.4 Å². The van der Waals surface area contributed by atoms with Crippen LogP contribution in [0, 0.1) is 0 Å². The molecule has 1 saturated carbocycles. The number of aromatic nitrogens is 1. The lowest BCUT2D eigenvalue weighted by Crippen LogP contribution is -2.44. The maximum absolute atomic E-state index is 13.5. The SMILES string of the molecule is CCCCN(CC(=O)N(Cc1cccn1C)C1CC1)S(=O)(=O)c1ccc2ccccc2c1. The highest BCUT2D eigenvalue weighted by molar-refractivity contribution is 7.89. The molecule has 1 aliphatic carbocycles. The first-order valence-electron chi connectivity index (χ1n) is 11.3. The quantitative estimate of drug-likeness (QED) is 0.463. The van der Waals surface area contributed by atoms with Crippen LogP contribution < -0.4 is 0 Å². The van der Waals surface area contributed by atoms with Crippen molar-refractivity contribution in [3.8, 4) is 0 Å². The lowest BCUT2D eigenvalue weighted by atomic mass is 10.1. The Balaban J connectivity index is 1.58. The van der Waals surface area contributed by atoms with Gasteiger partial charge in [-0.2, -0.15) is 4.31 Å². The summed E-state index contributed by atoms with van der Waals surface area (Å²) in [6.07, 6.45) is 5.47. The summed E-state index contributed by atoms with van der Waals surface area (Å²) in [6, 6.07) is 17.0. The minimum atomic E-state index is -3.79. The van der Waals surface area contributed by atoms with Crippen LogP contribution in [0.1, 0.15) is 38.3 Å². The van der Waals surface area contributed by atoms with Gasteiger partial charge in [0.1, 0.15) is 0 Å². The number of nitrogens with zero attached hydrogens (tertiary/aromatic N) is 3. The molecule has 2 aromatic carbocycles. The Morgan fingerprint density at radius 2 is 1.81 bits per heavy atom. The van der Waals surface area contributed by atoms with E-state index in [2.05, 4.69) is 0 Å². The predicted octanol–water partition coefficient (Wildman–Crippen LogP) is 4.16. The average molecular weight is 454 g/mol. The van der Waals surface area contributed by atoms with Crippen LogP contribution >= 0.6 is 0 Å². The Kier molecular flexibility index (Phi) is 6.67. The van der Waals surface area contributed by atoms with Gasteiger partial charge in [-0.25, -0.2) is 8.42 Å². The third-order valence-corrected chi connectivity index (χ3v) is 7.96. The topological polar surface area (TPSA) is 62.6 Å². The molecule has 1 amide bonds. The highest BCUT2D eigenvalue weighted by Gasteiger charge is 2.35. The summed E-state index contributed by atoms with van der Waals surface area (Å²) in [7, 11) is -1.83. The molecule has 0 aliphatic heterocycles. The van der Waals surface area contributed by atoms with E-state index in [0.717, 1.165) is 35.7 Å². The summed E-state index contributed by atoms with van der Waals surface area (Å²) < 4.78 is 30.5. The van der Waals surface area contributed by atoms with Crippen LogP contribution in [0.15, 0.2) is 65.7 Å². The molecule has 3 aromatic rings. The fourth-order valence-electron chi connectivity index (χ4n) is 3.98. The lowest BCUT2D eigenvalue weighted by molar-refractivity contribution is -0.132. The fraction of sp³-hybridized carbons (Fsp3) is 0.400. The first-order chi connectivity index (χ1) is 15.4. The summed E-state index contributed by atoms with van der Waals surface area (Å²) >= 11 is 0. The number of sulfonamides is 1. The summed E-state index contributed by atoms with van der Waals surface area (Å²) in [5.41, 5.74) is 1.04. The van der Waals surface area contributed by atoms with Gasteiger partial charge in [0, 0.05) is 31.5 Å². The van der Waals surface area contributed by atoms with Crippen molar-refractivity contribution in [3.63, 3.8) is 0 Å². The van der Waals surface area contributed by atoms with Crippen LogP contribution in [0.4, 0.5) is 0 Å². The third kappa shape index (κ3) is 4.89. The van der Waals surface area contributed by atoms with E-state index in [0.29, 0.717) is 19.5 Å². The van der Waals surface area contributed by atoms with Crippen LogP contribution in [0.2, 0.25) is 0 Å². The molecular formula is C25H31N3O3S. The summed E-state index contributed by atoms with van der Waals surface area (Å²) in [5, 5.41) is 1.86. The van der Waals surface area contributed by atoms with Crippen molar-refractivity contribution in [2.45, 2.75) is 50.1 Å². The van der Waals surface area contributed by atoms with Crippen LogP contribution in [0.5, 0.6) is 0 Å². The van der Waals surface area contributed by atoms with E-state index in [1.54, 1.807) is 12.1 Å². The van der Waals surface area contributed by atoms with Crippen molar-refractivity contribution in [3.05, 3.63) is 66.5 Å². The Morgan fingerprint density at radius 3 is 2.47 bits per heavy atom. The number of unbranched alkanes of at least 4 members (excludes halogenated alkanes) is 1. The van der Waals surface area contributed by atoms with Crippen molar-refractivity contribution in [2.24, 2.45) is 7.05 Å². The van der Waals surface area contributed by atoms with Gasteiger partial charge in [-0.05, 0) is 54.3 Å². The Labute approximate surface area is 190 Å². The lowest BCUT2D eigenvalue weighted by Gasteiger charge is -2.27. The molecule has 170 valence electrons. The molecule has 0 atom stereocenters. The first kappa shape index (κ1) is 22.6. The molecule has 1 heterocycles. The van der Waals surface area contributed by atoms with Crippen LogP contribution in [-0.4, -0.2) is 47.2 Å². The van der Waals surface area contributed by atoms with E-state index >= 15 is 0 Å². The highest BCUT2D eigenvalue weighted by Crippen LogP contribution is 2.29. The molecule has 32 heavy (non-hydrogen) atoms. The summed E-state index contributed by atoms with van der Waals surface area (Å²) in [4.78, 5) is 15.4. The largest absolute Gasteiger partial charge is 0.353 e. The van der Waals surface area contributed by atoms with E-state index in [9.17, 15) is 13.2 Å². The molecule has 0 spiro atoms. The molecule has 0 bridgehead atoms. The van der Waals surface area contributed by atoms with Crippen molar-refractivity contribution >= 4 is 26.7 Å². The molecule has 6 nitrogen and oxygen atoms in total. The number of fused-ring (bicyclic) bond motifs is 1. The normalized spacial score (nSPS) is 14.2. The predicted molar refractivity (Wildman–Crippen MR) is 127 cm³/mol. The second kappa shape index (κ2) is 9.46. The number of carbonyl (C=O) groups excluding carboxylic acids is 1. The molecule has 4 rings (SSSR count). The van der Waals surface area contributed by atoms with Gasteiger partial charge in [0.25, 0.3) is 0 Å². The molecule has 0 saturated heterocycles. The van der Waals surface area contributed by atoms with Crippen molar-refractivity contribution in [2.75, 3.05) is 13.1 Å². The van der Waals surface area contributed by atoms with Gasteiger partial charge < -0.3 is 9.47 Å². The number of amides is 1. The van der Waals surface area contributed by atoms with Gasteiger partial charge in [-0.1, -0.05) is 43.7 Å². The zero-order valence-corrected chi connectivity index (χ0v) is 19.6. The van der Waals surface area contributed by atoms with Crippen LogP contribution in [0.25, 0.3) is 10.8 Å². The van der Waals surface area contributed by atoms with E-state index in [4.69, 9.17) is 0 Å². The zero-order valence-electron chi connectivity index (χ0n) is 18.8. The standard InChI is InChI=1S/C25H31N3O3S/c1-3-4-16-27(32(30,31)24-14-11-20-8-5-6-9-21(20)17-24)19-25(29)28(22-12-13-22)18-23-10-7-15-26(23)2/h5-11,14-15,17,22H,3-4,12-13,16,18-19H2,1-2H3. The number of hydrogen-bond acceptors (Lipinski definition) is 3. The van der Waals surface area contributed by atoms with Crippen LogP contribution in [-0.2, 0) is 28.4 Å². The number of rotatable bonds is 10. The number of hydrogen-bond donors (Lipinski definition) is 0. The van der Waals surface area contributed by atoms with Crippen molar-refractivity contribution < 1.29 is 13.2 Å². The molecule has 0 N–H and O–H groups in total. The van der Waals surface area contributed by atoms with Gasteiger partial charge in [-0.3, -0.25) is 4.79 Å². The van der Waals surface area contributed by atoms with E-state index in [1.807, 2.05) is 72.1 Å². The summed E-state index contributed by atoms with van der Waals surface area (Å²) in [5.74, 6) is -0.130. The Hall–Kier alpha value is -2.64. The molecule has 0 unspecified atom stereocenters. The second-order valence-corrected chi connectivity index (χ2v) is 10.5. The fourth-order valence-corrected chi connectivity index (χ4v) is 5.44. The van der Waals surface area contributed by atoms with Crippen molar-refractivity contribution in [1.29, 1.82) is 0 Å². The monoisotopic (exact) mass is 453 g/mol. The maximum Gasteiger partial charge on any atom is 0.243 e. The highest BCUT2D eigenvalue weighted by atomic mass is 32.2. The van der Waals surface area contributed by atoms with Gasteiger partial charge >= 0.3 is 0 Å². The smallest absolute Gasteiger partial charge is 0.243 e. The third-order valence-electron chi connectivity index (χ3n) is 6.12. The van der Waals surface area contributed by atoms with Gasteiger partial charge in [0.05, 0.1) is 18.0 Å². The zero-order chi connectivity index (χ0) is 22.7. The molecule has 1 aromatic heterocycles. The van der Waals surface area contributed by atoms with E-state index < -0.39 is 10.0 Å². The van der Waals surface area contributed by atoms with Gasteiger partial charge in [0.15, 0.2) is 0 Å². The minimum Gasteiger partial charge on any atom is -0.353 e. The van der Waals surface area contributed by atoms with Gasteiger partial charge in [0.2, 0.25) is 15.9 Å². The second-order valence-electron chi connectivity index (χ2n) is 8.56. The molecule has 1 fully saturated rings. The molecule has 7 heteroatoms. The Bertz CT molecular complexity index is 1200. The summed E-state index contributed by atoms with van der Waals surface area (Å²) in [6.45, 7) is 2.73. The molecule has 0 radical (unpaired) electrons. The molecule has 1 aliphatic rings. The number of carbonyl (C=O) groups is 1. The van der Waals surface area contributed by atoms with Gasteiger partial charge in [-0.15, -0.1) is 0 Å². The maximum atomic E-state index is 13.5. The first-order valence-corrected chi connectivity index (χ1v) is 12.7.